The summed E-state index contributed by atoms with van der Waals surface area (Å²) in [5.74, 6) is -1.20. The summed E-state index contributed by atoms with van der Waals surface area (Å²) in [5.41, 5.74) is 6.08. The van der Waals surface area contributed by atoms with Crippen molar-refractivity contribution < 1.29 is 28.2 Å². The second-order valence-corrected chi connectivity index (χ2v) is 13.6. The van der Waals surface area contributed by atoms with Gasteiger partial charge in [0.05, 0.1) is 10.9 Å². The highest BCUT2D eigenvalue weighted by Gasteiger charge is 2.68. The number of carbonyl (C=O) groups is 2. The molecule has 2 fully saturated rings. The lowest BCUT2D eigenvalue weighted by Crippen LogP contribution is -2.72. The molecule has 36 heavy (non-hydrogen) atoms. The van der Waals surface area contributed by atoms with Crippen LogP contribution in [0.4, 0.5) is 0 Å². The Labute approximate surface area is 219 Å². The molecule has 4 rings (SSSR count). The normalized spacial score (nSPS) is 27.9. The molecule has 10 nitrogen and oxygen atoms in total. The van der Waals surface area contributed by atoms with Gasteiger partial charge in [-0.25, -0.2) is 17.9 Å². The summed E-state index contributed by atoms with van der Waals surface area (Å²) in [4.78, 5) is 28.0. The molecule has 3 heterocycles. The number of carboxylic acids is 1. The molecule has 3 aliphatic heterocycles. The number of rotatable bonds is 12. The number of carbonyl (C=O) groups excluding carboxylic acids is 1. The summed E-state index contributed by atoms with van der Waals surface area (Å²) in [6.45, 7) is 3.83. The first-order valence-corrected chi connectivity index (χ1v) is 15.2. The highest BCUT2D eigenvalue weighted by Crippen LogP contribution is 2.57. The maximum absolute atomic E-state index is 13.4. The fourth-order valence-electron chi connectivity index (χ4n) is 5.25. The molecule has 2 saturated heterocycles. The number of nitrogens with zero attached hydrogens (tertiary/aromatic N) is 1. The van der Waals surface area contributed by atoms with Crippen LogP contribution >= 0.6 is 23.5 Å². The smallest absolute Gasteiger partial charge is 0.352 e. The van der Waals surface area contributed by atoms with E-state index in [-0.39, 0.29) is 53.4 Å². The van der Waals surface area contributed by atoms with Crippen LogP contribution in [0.15, 0.2) is 45.3 Å². The van der Waals surface area contributed by atoms with Crippen LogP contribution in [-0.2, 0) is 19.6 Å². The molecule has 3 aliphatic rings. The summed E-state index contributed by atoms with van der Waals surface area (Å²) in [5, 5.41) is 23.4. The summed E-state index contributed by atoms with van der Waals surface area (Å²) in [6, 6.07) is 6.05. The summed E-state index contributed by atoms with van der Waals surface area (Å²) >= 11 is 2.98. The van der Waals surface area contributed by atoms with Gasteiger partial charge in [-0.1, -0.05) is 6.92 Å². The third kappa shape index (κ3) is 4.94. The number of fused-ring (bicyclic) bond motifs is 1. The molecule has 0 aromatic heterocycles. The number of nitrogens with two attached hydrogens (primary N) is 1. The predicted molar refractivity (Wildman–Crippen MR) is 139 cm³/mol. The third-order valence-electron chi connectivity index (χ3n) is 6.95. The number of thioether (sulfide) groups is 2. The number of amides is 1. The number of nitrogens with one attached hydrogen (secondary N) is 2. The minimum Gasteiger partial charge on any atom is -0.477 e. The van der Waals surface area contributed by atoms with Gasteiger partial charge in [-0.3, -0.25) is 9.69 Å². The Bertz CT molecular complexity index is 1140. The molecule has 0 bridgehead atoms. The van der Waals surface area contributed by atoms with Gasteiger partial charge in [0.2, 0.25) is 15.9 Å². The molecule has 1 aromatic rings. The second kappa shape index (κ2) is 11.0. The van der Waals surface area contributed by atoms with Crippen LogP contribution in [0.2, 0.25) is 0 Å². The number of aliphatic hydroxyl groups is 1. The Hall–Kier alpha value is -1.61. The van der Waals surface area contributed by atoms with Gasteiger partial charge in [-0.15, -0.1) is 23.5 Å². The fourth-order valence-corrected chi connectivity index (χ4v) is 9.23. The van der Waals surface area contributed by atoms with E-state index in [0.717, 1.165) is 24.4 Å². The van der Waals surface area contributed by atoms with Crippen LogP contribution in [0.1, 0.15) is 19.8 Å². The van der Waals surface area contributed by atoms with Gasteiger partial charge in [0.1, 0.15) is 10.4 Å². The topological polar surface area (TPSA) is 162 Å². The molecule has 198 valence electrons. The van der Waals surface area contributed by atoms with Gasteiger partial charge in [0, 0.05) is 48.1 Å². The molecular weight excluding hydrogens is 524 g/mol. The third-order valence-corrected chi connectivity index (χ3v) is 11.3. The highest BCUT2D eigenvalue weighted by molar-refractivity contribution is 8.02. The van der Waals surface area contributed by atoms with Crippen LogP contribution in [-0.4, -0.2) is 90.0 Å². The van der Waals surface area contributed by atoms with Crippen molar-refractivity contribution >= 4 is 45.4 Å². The Balaban J connectivity index is 1.52. The average molecular weight is 557 g/mol. The Morgan fingerprint density at radius 1 is 1.33 bits per heavy atom. The largest absolute Gasteiger partial charge is 0.477 e. The Morgan fingerprint density at radius 2 is 2.06 bits per heavy atom. The van der Waals surface area contributed by atoms with E-state index >= 15 is 0 Å². The van der Waals surface area contributed by atoms with Crippen molar-refractivity contribution in [2.45, 2.75) is 45.6 Å². The Morgan fingerprint density at radius 3 is 2.64 bits per heavy atom. The summed E-state index contributed by atoms with van der Waals surface area (Å²) in [7, 11) is -3.64. The van der Waals surface area contributed by atoms with Crippen LogP contribution in [0, 0.1) is 5.92 Å². The summed E-state index contributed by atoms with van der Waals surface area (Å²) < 4.78 is 26.1. The number of hydrogen-bond acceptors (Lipinski definition) is 9. The van der Waals surface area contributed by atoms with Gasteiger partial charge >= 0.3 is 5.97 Å². The fraction of sp³-hybridized carbons (Fsp3) is 0.565. The molecule has 2 unspecified atom stereocenters. The number of sulfonamides is 1. The Kier molecular flexibility index (Phi) is 8.39. The van der Waals surface area contributed by atoms with Crippen LogP contribution in [0.5, 0.6) is 0 Å². The van der Waals surface area contributed by atoms with E-state index in [4.69, 9.17) is 5.73 Å². The number of carboxylic acid groups (broad SMARTS) is 1. The van der Waals surface area contributed by atoms with E-state index in [1.807, 2.05) is 6.92 Å². The van der Waals surface area contributed by atoms with Gasteiger partial charge in [0.25, 0.3) is 0 Å². The molecule has 0 aliphatic carbocycles. The van der Waals surface area contributed by atoms with E-state index in [2.05, 4.69) is 10.0 Å². The molecule has 6 N–H and O–H groups in total. The van der Waals surface area contributed by atoms with Crippen molar-refractivity contribution in [1.29, 1.82) is 0 Å². The molecule has 1 amide bonds. The predicted octanol–water partition coefficient (Wildman–Crippen LogP) is 0.431. The monoisotopic (exact) mass is 556 g/mol. The van der Waals surface area contributed by atoms with Gasteiger partial charge in [-0.05, 0) is 49.2 Å². The summed E-state index contributed by atoms with van der Waals surface area (Å²) in [6.07, 6.45) is 1.22. The zero-order chi connectivity index (χ0) is 26.1. The van der Waals surface area contributed by atoms with Crippen molar-refractivity contribution in [3.05, 3.63) is 35.5 Å². The standard InChI is InChI=1S/C23H32N4O6S3/c1-14-18(13-34-15-2-4-17(5-3-15)36(32,33)26-10-8-24)19(21(29)30)27-20(14)23(7-11-28,22(27)31)35-16-6-9-25-12-16/h2-5,14,16,20,25-26,28H,6-13,24H2,1H3,(H,29,30)/t14-,16?,20+,23?/m1/s1. The first-order valence-electron chi connectivity index (χ1n) is 11.9. The number of β-lactam (4-membered cyclic amide) rings is 1. The van der Waals surface area contributed by atoms with Crippen LogP contribution < -0.4 is 15.8 Å². The van der Waals surface area contributed by atoms with Crippen molar-refractivity contribution in [1.82, 2.24) is 14.9 Å². The lowest BCUT2D eigenvalue weighted by atomic mass is 9.78. The van der Waals surface area contributed by atoms with Gasteiger partial charge in [0.15, 0.2) is 0 Å². The second-order valence-electron chi connectivity index (χ2n) is 9.13. The molecule has 0 spiro atoms. The molecule has 0 radical (unpaired) electrons. The SMILES string of the molecule is C[C@@H]1C(CSc2ccc(S(=O)(=O)NCCN)cc2)=C(C(=O)O)N2C(=O)C(CCO)(SC3CCNC3)[C@H]12. The highest BCUT2D eigenvalue weighted by atomic mass is 32.2. The minimum atomic E-state index is -3.64. The van der Waals surface area contributed by atoms with Gasteiger partial charge in [-0.2, -0.15) is 0 Å². The van der Waals surface area contributed by atoms with E-state index in [0.29, 0.717) is 17.7 Å². The van der Waals surface area contributed by atoms with E-state index < -0.39 is 20.7 Å². The number of hydrogen-bond donors (Lipinski definition) is 5. The zero-order valence-electron chi connectivity index (χ0n) is 20.0. The molecule has 0 saturated carbocycles. The minimum absolute atomic E-state index is 0.0360. The molecule has 13 heteroatoms. The molecule has 4 atom stereocenters. The van der Waals surface area contributed by atoms with Crippen molar-refractivity contribution in [3.8, 4) is 0 Å². The number of aliphatic carboxylic acids is 1. The average Bonchev–Trinajstić information content (AvgIpc) is 3.46. The molecule has 1 aromatic carbocycles. The van der Waals surface area contributed by atoms with Crippen molar-refractivity contribution in [2.75, 3.05) is 38.5 Å². The van der Waals surface area contributed by atoms with E-state index in [1.165, 1.54) is 28.8 Å². The van der Waals surface area contributed by atoms with Crippen LogP contribution in [0.3, 0.4) is 0 Å². The van der Waals surface area contributed by atoms with Gasteiger partial charge < -0.3 is 21.3 Å². The maximum Gasteiger partial charge on any atom is 0.352 e. The number of aliphatic hydroxyl groups excluding tert-OH is 1. The van der Waals surface area contributed by atoms with E-state index in [1.54, 1.807) is 23.9 Å². The van der Waals surface area contributed by atoms with Crippen molar-refractivity contribution in [2.24, 2.45) is 11.7 Å². The lowest BCUT2D eigenvalue weighted by molar-refractivity contribution is -0.153. The first kappa shape index (κ1) is 27.4. The lowest BCUT2D eigenvalue weighted by Gasteiger charge is -2.55. The number of benzene rings is 1. The van der Waals surface area contributed by atoms with Crippen LogP contribution in [0.25, 0.3) is 0 Å². The van der Waals surface area contributed by atoms with E-state index in [9.17, 15) is 28.2 Å². The molecular formula is C23H32N4O6S3. The zero-order valence-corrected chi connectivity index (χ0v) is 22.4. The first-order chi connectivity index (χ1) is 17.2. The van der Waals surface area contributed by atoms with Crippen molar-refractivity contribution in [3.63, 3.8) is 0 Å². The maximum atomic E-state index is 13.4. The quantitative estimate of drug-likeness (QED) is 0.180.